The van der Waals surface area contributed by atoms with Crippen LogP contribution in [0.2, 0.25) is 5.02 Å². The summed E-state index contributed by atoms with van der Waals surface area (Å²) in [6.45, 7) is 1.81. The van der Waals surface area contributed by atoms with Gasteiger partial charge >= 0.3 is 5.97 Å². The summed E-state index contributed by atoms with van der Waals surface area (Å²) in [5, 5.41) is 7.57. The number of ether oxygens (including phenoxy) is 1. The van der Waals surface area contributed by atoms with Crippen LogP contribution in [0.1, 0.15) is 25.9 Å². The van der Waals surface area contributed by atoms with Crippen LogP contribution in [0.15, 0.2) is 36.4 Å². The minimum atomic E-state index is -0.508. The second kappa shape index (κ2) is 7.31. The standard InChI is InChI=1S/C18H16ClN3O3S/c1-10-8-14(22(2)21-10)17(23)20-13-9-15(26-16(13)18(24)25-3)11-4-6-12(19)7-5-11/h4-9H,1-3H3,(H,20,23). The van der Waals surface area contributed by atoms with E-state index in [1.165, 1.54) is 23.1 Å². The first kappa shape index (κ1) is 18.2. The van der Waals surface area contributed by atoms with E-state index in [-0.39, 0.29) is 5.91 Å². The maximum absolute atomic E-state index is 12.6. The van der Waals surface area contributed by atoms with Gasteiger partial charge in [0, 0.05) is 16.9 Å². The van der Waals surface area contributed by atoms with E-state index < -0.39 is 5.97 Å². The van der Waals surface area contributed by atoms with Gasteiger partial charge in [0.2, 0.25) is 0 Å². The van der Waals surface area contributed by atoms with E-state index >= 15 is 0 Å². The minimum absolute atomic E-state index is 0.324. The number of hydrogen-bond acceptors (Lipinski definition) is 5. The second-order valence-electron chi connectivity index (χ2n) is 5.60. The quantitative estimate of drug-likeness (QED) is 0.680. The molecule has 0 radical (unpaired) electrons. The Balaban J connectivity index is 1.97. The van der Waals surface area contributed by atoms with Crippen LogP contribution >= 0.6 is 22.9 Å². The third-order valence-electron chi connectivity index (χ3n) is 3.71. The number of amides is 1. The van der Waals surface area contributed by atoms with E-state index in [1.54, 1.807) is 38.2 Å². The number of anilines is 1. The Morgan fingerprint density at radius 2 is 1.92 bits per heavy atom. The summed E-state index contributed by atoms with van der Waals surface area (Å²) in [6.07, 6.45) is 0. The topological polar surface area (TPSA) is 73.2 Å². The van der Waals surface area contributed by atoms with Crippen LogP contribution in [0.4, 0.5) is 5.69 Å². The number of aromatic nitrogens is 2. The molecule has 0 saturated carbocycles. The molecule has 0 saturated heterocycles. The van der Waals surface area contributed by atoms with Crippen molar-refractivity contribution in [2.45, 2.75) is 6.92 Å². The molecule has 2 aromatic heterocycles. The SMILES string of the molecule is COC(=O)c1sc(-c2ccc(Cl)cc2)cc1NC(=O)c1cc(C)nn1C. The van der Waals surface area contributed by atoms with Gasteiger partial charge in [0.1, 0.15) is 10.6 Å². The smallest absolute Gasteiger partial charge is 0.350 e. The molecule has 0 unspecified atom stereocenters. The number of esters is 1. The number of nitrogens with one attached hydrogen (secondary N) is 1. The lowest BCUT2D eigenvalue weighted by molar-refractivity contribution is 0.0607. The molecule has 0 aliphatic heterocycles. The van der Waals surface area contributed by atoms with Gasteiger partial charge in [-0.1, -0.05) is 23.7 Å². The highest BCUT2D eigenvalue weighted by atomic mass is 35.5. The van der Waals surface area contributed by atoms with Crippen LogP contribution in [0.5, 0.6) is 0 Å². The van der Waals surface area contributed by atoms with E-state index in [0.717, 1.165) is 16.1 Å². The summed E-state index contributed by atoms with van der Waals surface area (Å²) in [4.78, 5) is 25.8. The van der Waals surface area contributed by atoms with Crippen LogP contribution in [-0.4, -0.2) is 28.8 Å². The van der Waals surface area contributed by atoms with Crippen molar-refractivity contribution in [3.8, 4) is 10.4 Å². The summed E-state index contributed by atoms with van der Waals surface area (Å²) < 4.78 is 6.34. The van der Waals surface area contributed by atoms with Gasteiger partial charge < -0.3 is 10.1 Å². The van der Waals surface area contributed by atoms with Gasteiger partial charge in [-0.25, -0.2) is 4.79 Å². The zero-order valence-electron chi connectivity index (χ0n) is 14.4. The first-order chi connectivity index (χ1) is 12.4. The Bertz CT molecular complexity index is 976. The van der Waals surface area contributed by atoms with Crippen LogP contribution in [0.3, 0.4) is 0 Å². The van der Waals surface area contributed by atoms with Crippen molar-refractivity contribution in [1.82, 2.24) is 9.78 Å². The Labute approximate surface area is 159 Å². The molecule has 0 aliphatic carbocycles. The lowest BCUT2D eigenvalue weighted by Crippen LogP contribution is -2.17. The van der Waals surface area contributed by atoms with Gasteiger partial charge in [-0.3, -0.25) is 9.48 Å². The molecule has 0 fully saturated rings. The molecule has 2 heterocycles. The lowest BCUT2D eigenvalue weighted by Gasteiger charge is -2.05. The molecule has 1 amide bonds. The summed E-state index contributed by atoms with van der Waals surface area (Å²) >= 11 is 7.17. The highest BCUT2D eigenvalue weighted by Crippen LogP contribution is 2.36. The van der Waals surface area contributed by atoms with Crippen LogP contribution in [-0.2, 0) is 11.8 Å². The fourth-order valence-corrected chi connectivity index (χ4v) is 3.66. The van der Waals surface area contributed by atoms with Crippen molar-refractivity contribution in [3.63, 3.8) is 0 Å². The highest BCUT2D eigenvalue weighted by molar-refractivity contribution is 7.18. The molecular weight excluding hydrogens is 374 g/mol. The number of nitrogens with zero attached hydrogens (tertiary/aromatic N) is 2. The van der Waals surface area contributed by atoms with E-state index in [4.69, 9.17) is 16.3 Å². The zero-order chi connectivity index (χ0) is 18.8. The third kappa shape index (κ3) is 3.63. The number of aryl methyl sites for hydroxylation is 2. The van der Waals surface area contributed by atoms with Gasteiger partial charge in [0.05, 0.1) is 18.5 Å². The number of rotatable bonds is 4. The first-order valence-corrected chi connectivity index (χ1v) is 8.88. The van der Waals surface area contributed by atoms with Gasteiger partial charge in [0.15, 0.2) is 0 Å². The van der Waals surface area contributed by atoms with E-state index in [0.29, 0.717) is 21.3 Å². The molecule has 3 aromatic rings. The van der Waals surface area contributed by atoms with Crippen LogP contribution in [0, 0.1) is 6.92 Å². The fourth-order valence-electron chi connectivity index (χ4n) is 2.49. The average Bonchev–Trinajstić information content (AvgIpc) is 3.17. The van der Waals surface area contributed by atoms with Crippen molar-refractivity contribution < 1.29 is 14.3 Å². The largest absolute Gasteiger partial charge is 0.465 e. The minimum Gasteiger partial charge on any atom is -0.465 e. The number of thiophene rings is 1. The number of carbonyl (C=O) groups is 2. The number of methoxy groups -OCH3 is 1. The van der Waals surface area contributed by atoms with E-state index in [2.05, 4.69) is 10.4 Å². The number of benzene rings is 1. The Morgan fingerprint density at radius 3 is 2.50 bits per heavy atom. The first-order valence-electron chi connectivity index (χ1n) is 7.69. The summed E-state index contributed by atoms with van der Waals surface area (Å²) in [6, 6.07) is 10.7. The van der Waals surface area contributed by atoms with Crippen molar-refractivity contribution in [3.05, 3.63) is 57.7 Å². The van der Waals surface area contributed by atoms with E-state index in [9.17, 15) is 9.59 Å². The van der Waals surface area contributed by atoms with Crippen molar-refractivity contribution in [2.75, 3.05) is 12.4 Å². The second-order valence-corrected chi connectivity index (χ2v) is 7.09. The highest BCUT2D eigenvalue weighted by Gasteiger charge is 2.21. The monoisotopic (exact) mass is 389 g/mol. The number of carbonyl (C=O) groups excluding carboxylic acids is 2. The number of halogens is 1. The van der Waals surface area contributed by atoms with Gasteiger partial charge in [0.25, 0.3) is 5.91 Å². The van der Waals surface area contributed by atoms with Gasteiger partial charge in [-0.15, -0.1) is 11.3 Å². The molecule has 26 heavy (non-hydrogen) atoms. The maximum Gasteiger partial charge on any atom is 0.350 e. The van der Waals surface area contributed by atoms with Gasteiger partial charge in [-0.05, 0) is 36.8 Å². The predicted molar refractivity (Wildman–Crippen MR) is 102 cm³/mol. The van der Waals surface area contributed by atoms with E-state index in [1.807, 2.05) is 12.1 Å². The molecular formula is C18H16ClN3O3S. The van der Waals surface area contributed by atoms with Gasteiger partial charge in [-0.2, -0.15) is 5.10 Å². The predicted octanol–water partition coefficient (Wildman–Crippen LogP) is 4.15. The number of hydrogen-bond donors (Lipinski definition) is 1. The maximum atomic E-state index is 12.6. The molecule has 1 aromatic carbocycles. The Morgan fingerprint density at radius 1 is 1.23 bits per heavy atom. The van der Waals surface area contributed by atoms with Crippen molar-refractivity contribution in [1.29, 1.82) is 0 Å². The average molecular weight is 390 g/mol. The molecule has 0 bridgehead atoms. The molecule has 6 nitrogen and oxygen atoms in total. The zero-order valence-corrected chi connectivity index (χ0v) is 15.9. The molecule has 3 rings (SSSR count). The third-order valence-corrected chi connectivity index (χ3v) is 5.13. The fraction of sp³-hybridized carbons (Fsp3) is 0.167. The van der Waals surface area contributed by atoms with Crippen LogP contribution in [0.25, 0.3) is 10.4 Å². The molecule has 1 N–H and O–H groups in total. The molecule has 0 spiro atoms. The molecule has 0 aliphatic rings. The lowest BCUT2D eigenvalue weighted by atomic mass is 10.2. The molecule has 0 atom stereocenters. The summed E-state index contributed by atoms with van der Waals surface area (Å²) in [7, 11) is 3.00. The van der Waals surface area contributed by atoms with Crippen molar-refractivity contribution >= 4 is 40.5 Å². The summed E-state index contributed by atoms with van der Waals surface area (Å²) in [5.74, 6) is -0.856. The molecule has 134 valence electrons. The molecule has 8 heteroatoms. The van der Waals surface area contributed by atoms with Crippen LogP contribution < -0.4 is 5.32 Å². The van der Waals surface area contributed by atoms with Crippen molar-refractivity contribution in [2.24, 2.45) is 7.05 Å². The Kier molecular flexibility index (Phi) is 5.11. The Hall–Kier alpha value is -2.64. The summed E-state index contributed by atoms with van der Waals surface area (Å²) in [5.41, 5.74) is 2.42. The normalized spacial score (nSPS) is 10.6.